The lowest BCUT2D eigenvalue weighted by atomic mass is 10.1. The lowest BCUT2D eigenvalue weighted by Crippen LogP contribution is -2.20. The van der Waals surface area contributed by atoms with E-state index in [1.165, 1.54) is 44.0 Å². The van der Waals surface area contributed by atoms with Crippen LogP contribution >= 0.6 is 0 Å². The molecule has 0 atom stereocenters. The summed E-state index contributed by atoms with van der Waals surface area (Å²) in [5.74, 6) is 0. The first-order chi connectivity index (χ1) is 8.29. The minimum atomic E-state index is 1.36. The lowest BCUT2D eigenvalue weighted by molar-refractivity contribution is 0.824. The van der Waals surface area contributed by atoms with Crippen LogP contribution in [0.1, 0.15) is 39.1 Å². The van der Waals surface area contributed by atoms with Crippen molar-refractivity contribution in [3.8, 4) is 0 Å². The summed E-state index contributed by atoms with van der Waals surface area (Å²) in [6, 6.07) is 0. The highest BCUT2D eigenvalue weighted by molar-refractivity contribution is 5.91. The molecule has 0 amide bonds. The Bertz CT molecular complexity index is 678. The van der Waals surface area contributed by atoms with E-state index in [1.807, 2.05) is 0 Å². The van der Waals surface area contributed by atoms with Gasteiger partial charge in [-0.15, -0.1) is 0 Å². The molecular formula is C16H24N2. The molecule has 0 aromatic carbocycles. The molecule has 2 heteroatoms. The van der Waals surface area contributed by atoms with Gasteiger partial charge in [-0.2, -0.15) is 0 Å². The van der Waals surface area contributed by atoms with E-state index in [-0.39, 0.29) is 0 Å². The Hall–Kier alpha value is -1.44. The Labute approximate surface area is 109 Å². The fourth-order valence-corrected chi connectivity index (χ4v) is 3.12. The maximum absolute atomic E-state index is 2.33. The summed E-state index contributed by atoms with van der Waals surface area (Å²) in [7, 11) is 4.34. The molecule has 0 fully saturated rings. The van der Waals surface area contributed by atoms with Gasteiger partial charge in [-0.1, -0.05) is 11.1 Å². The Morgan fingerprint density at radius 2 is 0.944 bits per heavy atom. The van der Waals surface area contributed by atoms with Crippen LogP contribution in [0.25, 0.3) is 21.9 Å². The van der Waals surface area contributed by atoms with E-state index in [2.05, 4.69) is 64.8 Å². The highest BCUT2D eigenvalue weighted by Gasteiger charge is 2.16. The van der Waals surface area contributed by atoms with Gasteiger partial charge in [0.2, 0.25) is 0 Å². The minimum absolute atomic E-state index is 1.36. The quantitative estimate of drug-likeness (QED) is 0.674. The number of fused-ring (bicyclic) bond motifs is 1. The van der Waals surface area contributed by atoms with Gasteiger partial charge in [-0.25, -0.2) is 0 Å². The molecule has 0 unspecified atom stereocenters. The fourth-order valence-electron chi connectivity index (χ4n) is 3.12. The maximum Gasteiger partial charge on any atom is 0.0490 e. The van der Waals surface area contributed by atoms with Gasteiger partial charge >= 0.3 is 0 Å². The number of hydrogen-bond acceptors (Lipinski definition) is 0. The van der Waals surface area contributed by atoms with Crippen molar-refractivity contribution in [3.63, 3.8) is 0 Å². The van der Waals surface area contributed by atoms with Crippen molar-refractivity contribution in [1.82, 2.24) is 9.13 Å². The lowest BCUT2D eigenvalue weighted by Gasteiger charge is -2.04. The summed E-state index contributed by atoms with van der Waals surface area (Å²) in [4.78, 5) is 0. The first kappa shape index (κ1) is 13.0. The third-order valence-electron chi connectivity index (χ3n) is 4.07. The van der Waals surface area contributed by atoms with Gasteiger partial charge in [0, 0.05) is 47.0 Å². The standard InChI is InChI=1S/C16H24N2/c1-9(2)15-13-11(5)18(8)16(10(3)4)14(13)12(6)17(15)7/h1-8H3. The van der Waals surface area contributed by atoms with Crippen molar-refractivity contribution in [2.24, 2.45) is 14.1 Å². The molecule has 0 bridgehead atoms. The summed E-state index contributed by atoms with van der Waals surface area (Å²) in [6.45, 7) is 13.2. The molecule has 0 saturated carbocycles. The van der Waals surface area contributed by atoms with Crippen LogP contribution in [0.4, 0.5) is 0 Å². The van der Waals surface area contributed by atoms with Gasteiger partial charge in [0.1, 0.15) is 0 Å². The molecule has 0 saturated heterocycles. The van der Waals surface area contributed by atoms with E-state index < -0.39 is 0 Å². The molecule has 2 heterocycles. The third-order valence-corrected chi connectivity index (χ3v) is 4.07. The maximum atomic E-state index is 2.33. The zero-order chi connectivity index (χ0) is 13.8. The molecule has 18 heavy (non-hydrogen) atoms. The van der Waals surface area contributed by atoms with Gasteiger partial charge in [0.15, 0.2) is 0 Å². The highest BCUT2D eigenvalue weighted by Crippen LogP contribution is 2.18. The number of rotatable bonds is 0. The predicted octanol–water partition coefficient (Wildman–Crippen LogP) is 2.51. The van der Waals surface area contributed by atoms with Gasteiger partial charge in [0.05, 0.1) is 0 Å². The number of hydrogen-bond donors (Lipinski definition) is 0. The predicted molar refractivity (Wildman–Crippen MR) is 80.1 cm³/mol. The number of aryl methyl sites for hydroxylation is 2. The Kier molecular flexibility index (Phi) is 2.92. The summed E-state index contributed by atoms with van der Waals surface area (Å²) in [5.41, 5.74) is 5.48. The van der Waals surface area contributed by atoms with E-state index in [9.17, 15) is 0 Å². The Morgan fingerprint density at radius 1 is 0.667 bits per heavy atom. The number of aromatic nitrogens is 2. The van der Waals surface area contributed by atoms with Crippen LogP contribution in [0.2, 0.25) is 0 Å². The van der Waals surface area contributed by atoms with Crippen molar-refractivity contribution >= 4 is 21.9 Å². The normalized spacial score (nSPS) is 11.3. The molecule has 0 aliphatic rings. The van der Waals surface area contributed by atoms with Crippen LogP contribution < -0.4 is 10.7 Å². The van der Waals surface area contributed by atoms with E-state index >= 15 is 0 Å². The van der Waals surface area contributed by atoms with E-state index in [0.717, 1.165) is 0 Å². The van der Waals surface area contributed by atoms with Crippen LogP contribution in [0, 0.1) is 13.8 Å². The SMILES string of the molecule is CC(C)=c1c2c(C)n(C)c(=C(C)C)c2c(C)n1C. The second-order valence-corrected chi connectivity index (χ2v) is 5.74. The zero-order valence-corrected chi connectivity index (χ0v) is 12.9. The van der Waals surface area contributed by atoms with Gasteiger partial charge in [-0.3, -0.25) is 0 Å². The average Bonchev–Trinajstić information content (AvgIpc) is 2.66. The van der Waals surface area contributed by atoms with E-state index in [4.69, 9.17) is 0 Å². The number of nitrogens with zero attached hydrogens (tertiary/aromatic N) is 2. The van der Waals surface area contributed by atoms with Gasteiger partial charge < -0.3 is 9.13 Å². The van der Waals surface area contributed by atoms with Crippen LogP contribution in [-0.2, 0) is 14.1 Å². The molecule has 0 aliphatic carbocycles. The highest BCUT2D eigenvalue weighted by atomic mass is 15.0. The third kappa shape index (κ3) is 1.48. The fraction of sp³-hybridized carbons (Fsp3) is 0.500. The molecule has 2 aromatic heterocycles. The Balaban J connectivity index is 3.34. The molecule has 0 aliphatic heterocycles. The molecule has 2 nitrogen and oxygen atoms in total. The molecule has 98 valence electrons. The van der Waals surface area contributed by atoms with Crippen molar-refractivity contribution in [2.75, 3.05) is 0 Å². The van der Waals surface area contributed by atoms with Crippen molar-refractivity contribution < 1.29 is 0 Å². The molecule has 0 N–H and O–H groups in total. The van der Waals surface area contributed by atoms with Crippen LogP contribution in [0.5, 0.6) is 0 Å². The van der Waals surface area contributed by atoms with Crippen molar-refractivity contribution in [2.45, 2.75) is 41.5 Å². The molecule has 0 radical (unpaired) electrons. The minimum Gasteiger partial charge on any atom is -0.347 e. The molecular weight excluding hydrogens is 220 g/mol. The first-order valence-electron chi connectivity index (χ1n) is 6.54. The van der Waals surface area contributed by atoms with E-state index in [1.54, 1.807) is 0 Å². The molecule has 2 aromatic rings. The molecule has 0 spiro atoms. The monoisotopic (exact) mass is 244 g/mol. The van der Waals surface area contributed by atoms with E-state index in [0.29, 0.717) is 0 Å². The summed E-state index contributed by atoms with van der Waals surface area (Å²) in [6.07, 6.45) is 0. The van der Waals surface area contributed by atoms with Crippen LogP contribution in [0.3, 0.4) is 0 Å². The smallest absolute Gasteiger partial charge is 0.0490 e. The largest absolute Gasteiger partial charge is 0.347 e. The second-order valence-electron chi connectivity index (χ2n) is 5.74. The van der Waals surface area contributed by atoms with Gasteiger partial charge in [-0.05, 0) is 41.5 Å². The van der Waals surface area contributed by atoms with Crippen LogP contribution in [-0.4, -0.2) is 9.13 Å². The van der Waals surface area contributed by atoms with Crippen molar-refractivity contribution in [1.29, 1.82) is 0 Å². The van der Waals surface area contributed by atoms with Gasteiger partial charge in [0.25, 0.3) is 0 Å². The second kappa shape index (κ2) is 4.04. The summed E-state index contributed by atoms with van der Waals surface area (Å²) >= 11 is 0. The summed E-state index contributed by atoms with van der Waals surface area (Å²) in [5, 5.41) is 5.61. The van der Waals surface area contributed by atoms with Crippen LogP contribution in [0.15, 0.2) is 0 Å². The average molecular weight is 244 g/mol. The molecule has 2 rings (SSSR count). The first-order valence-corrected chi connectivity index (χ1v) is 6.54. The Morgan fingerprint density at radius 3 is 1.17 bits per heavy atom. The zero-order valence-electron chi connectivity index (χ0n) is 12.9. The van der Waals surface area contributed by atoms with Crippen molar-refractivity contribution in [3.05, 3.63) is 22.1 Å². The summed E-state index contributed by atoms with van der Waals surface area (Å²) < 4.78 is 4.67. The topological polar surface area (TPSA) is 9.86 Å².